The molecule has 0 aliphatic heterocycles. The highest BCUT2D eigenvalue weighted by Gasteiger charge is 2.35. The number of rotatable bonds is 5. The Morgan fingerprint density at radius 2 is 1.61 bits per heavy atom. The van der Waals surface area contributed by atoms with Crippen molar-refractivity contribution in [2.75, 3.05) is 5.32 Å². The number of halogens is 4. The highest BCUT2D eigenvalue weighted by Crippen LogP contribution is 2.37. The lowest BCUT2D eigenvalue weighted by molar-refractivity contribution is -0.137. The minimum atomic E-state index is -4.74. The van der Waals surface area contributed by atoms with Gasteiger partial charge in [0.15, 0.2) is 0 Å². The van der Waals surface area contributed by atoms with Crippen LogP contribution in [0.5, 0.6) is 0 Å². The lowest BCUT2D eigenvalue weighted by Gasteiger charge is -2.20. The molecule has 0 saturated heterocycles. The maximum Gasteiger partial charge on any atom is 0.418 e. The Morgan fingerprint density at radius 3 is 2.23 bits per heavy atom. The van der Waals surface area contributed by atoms with Gasteiger partial charge in [-0.3, -0.25) is 4.79 Å². The van der Waals surface area contributed by atoms with Gasteiger partial charge in [0.1, 0.15) is 0 Å². The van der Waals surface area contributed by atoms with Gasteiger partial charge in [0, 0.05) is 10.6 Å². The molecule has 0 heterocycles. The third-order valence-corrected chi connectivity index (χ3v) is 4.63. The summed E-state index contributed by atoms with van der Waals surface area (Å²) in [6.45, 7) is 1.85. The minimum absolute atomic E-state index is 0.129. The predicted molar refractivity (Wildman–Crippen MR) is 111 cm³/mol. The largest absolute Gasteiger partial charge is 0.444 e. The van der Waals surface area contributed by atoms with E-state index in [1.807, 2.05) is 6.92 Å². The fraction of sp³-hybridized carbons (Fsp3) is 0.130. The Balaban J connectivity index is 1.91. The van der Waals surface area contributed by atoms with Crippen molar-refractivity contribution in [1.29, 1.82) is 0 Å². The van der Waals surface area contributed by atoms with Crippen molar-refractivity contribution >= 4 is 29.2 Å². The number of hydrogen-bond donors (Lipinski definition) is 1. The summed E-state index contributed by atoms with van der Waals surface area (Å²) in [7, 11) is 0. The number of aryl methyl sites for hydroxylation is 1. The molecule has 0 spiro atoms. The molecule has 1 N–H and O–H groups in total. The molecule has 3 aromatic rings. The van der Waals surface area contributed by atoms with Crippen molar-refractivity contribution in [3.05, 3.63) is 100 Å². The van der Waals surface area contributed by atoms with Crippen molar-refractivity contribution < 1.29 is 27.5 Å². The van der Waals surface area contributed by atoms with Crippen molar-refractivity contribution in [2.24, 2.45) is 0 Å². The van der Waals surface area contributed by atoms with E-state index in [0.29, 0.717) is 11.6 Å². The van der Waals surface area contributed by atoms with E-state index in [-0.39, 0.29) is 10.6 Å². The molecule has 0 aliphatic rings. The highest BCUT2D eigenvalue weighted by atomic mass is 35.5. The molecular weight excluding hydrogens is 431 g/mol. The smallest absolute Gasteiger partial charge is 0.418 e. The molecule has 3 rings (SSSR count). The van der Waals surface area contributed by atoms with Gasteiger partial charge in [-0.15, -0.1) is 0 Å². The number of alkyl halides is 3. The number of esters is 1. The fourth-order valence-electron chi connectivity index (χ4n) is 2.82. The van der Waals surface area contributed by atoms with Crippen LogP contribution in [0.25, 0.3) is 0 Å². The number of hydrogen-bond acceptors (Lipinski definition) is 3. The summed E-state index contributed by atoms with van der Waals surface area (Å²) in [6, 6.07) is 17.5. The van der Waals surface area contributed by atoms with Gasteiger partial charge < -0.3 is 10.1 Å². The van der Waals surface area contributed by atoms with Gasteiger partial charge in [0.2, 0.25) is 6.10 Å². The Morgan fingerprint density at radius 1 is 0.968 bits per heavy atom. The minimum Gasteiger partial charge on any atom is -0.444 e. The van der Waals surface area contributed by atoms with E-state index in [2.05, 4.69) is 5.32 Å². The molecule has 3 aromatic carbocycles. The van der Waals surface area contributed by atoms with Gasteiger partial charge >= 0.3 is 12.1 Å². The second-order valence-corrected chi connectivity index (χ2v) is 7.18. The first kappa shape index (κ1) is 22.4. The van der Waals surface area contributed by atoms with Crippen molar-refractivity contribution in [3.8, 4) is 0 Å². The number of amides is 1. The second-order valence-electron chi connectivity index (χ2n) is 6.74. The van der Waals surface area contributed by atoms with Gasteiger partial charge in [-0.05, 0) is 37.3 Å². The molecule has 0 bridgehead atoms. The number of carbonyl (C=O) groups is 2. The summed E-state index contributed by atoms with van der Waals surface area (Å²) < 4.78 is 45.5. The lowest BCUT2D eigenvalue weighted by atomic mass is 10.1. The quantitative estimate of drug-likeness (QED) is 0.473. The molecule has 0 aromatic heterocycles. The summed E-state index contributed by atoms with van der Waals surface area (Å²) in [4.78, 5) is 25.5. The molecule has 0 unspecified atom stereocenters. The van der Waals surface area contributed by atoms with E-state index in [9.17, 15) is 22.8 Å². The molecule has 8 heteroatoms. The first-order chi connectivity index (χ1) is 14.6. The Bertz CT molecular complexity index is 1080. The number of benzene rings is 3. The van der Waals surface area contributed by atoms with Crippen LogP contribution in [0.4, 0.5) is 18.9 Å². The van der Waals surface area contributed by atoms with Crippen LogP contribution in [-0.4, -0.2) is 11.9 Å². The summed E-state index contributed by atoms with van der Waals surface area (Å²) in [5, 5.41) is 2.09. The van der Waals surface area contributed by atoms with Crippen molar-refractivity contribution in [2.45, 2.75) is 19.2 Å². The molecule has 31 heavy (non-hydrogen) atoms. The molecule has 4 nitrogen and oxygen atoms in total. The molecule has 0 radical (unpaired) electrons. The third-order valence-electron chi connectivity index (χ3n) is 4.40. The van der Waals surface area contributed by atoms with Crippen LogP contribution >= 0.6 is 11.6 Å². The number of nitrogens with one attached hydrogen (secondary N) is 1. The molecule has 0 fully saturated rings. The van der Waals surface area contributed by atoms with Gasteiger partial charge in [0.25, 0.3) is 5.91 Å². The molecule has 0 aliphatic carbocycles. The second kappa shape index (κ2) is 9.22. The van der Waals surface area contributed by atoms with Crippen LogP contribution in [0.15, 0.2) is 72.8 Å². The van der Waals surface area contributed by atoms with Gasteiger partial charge in [-0.2, -0.15) is 13.2 Å². The van der Waals surface area contributed by atoms with Crippen LogP contribution in [0, 0.1) is 6.92 Å². The summed E-state index contributed by atoms with van der Waals surface area (Å²) in [5.74, 6) is -1.71. The lowest BCUT2D eigenvalue weighted by Crippen LogP contribution is -2.27. The van der Waals surface area contributed by atoms with E-state index in [1.165, 1.54) is 6.07 Å². The van der Waals surface area contributed by atoms with Gasteiger partial charge in [0.05, 0.1) is 16.8 Å². The standard InChI is InChI=1S/C23H17ClF3NO3/c1-14-7-9-16(10-8-14)22(30)31-20(15-5-3-2-4-6-15)21(29)28-19-12-11-17(24)13-18(19)23(25,26)27/h2-13,20H,1H3,(H,28,29)/t20-/m1/s1. The maximum atomic E-state index is 13.4. The van der Waals surface area contributed by atoms with Crippen LogP contribution < -0.4 is 5.32 Å². The average Bonchev–Trinajstić information content (AvgIpc) is 2.73. The van der Waals surface area contributed by atoms with E-state index in [4.69, 9.17) is 16.3 Å². The first-order valence-electron chi connectivity index (χ1n) is 9.15. The van der Waals surface area contributed by atoms with Crippen LogP contribution in [0.3, 0.4) is 0 Å². The van der Waals surface area contributed by atoms with E-state index in [0.717, 1.165) is 11.6 Å². The summed E-state index contributed by atoms with van der Waals surface area (Å²) in [6.07, 6.45) is -6.21. The summed E-state index contributed by atoms with van der Waals surface area (Å²) in [5.41, 5.74) is -0.152. The van der Waals surface area contributed by atoms with Crippen LogP contribution in [0.2, 0.25) is 5.02 Å². The number of carbonyl (C=O) groups excluding carboxylic acids is 2. The normalized spacial score (nSPS) is 12.2. The number of ether oxygens (including phenoxy) is 1. The third kappa shape index (κ3) is 5.64. The Kier molecular flexibility index (Phi) is 6.65. The molecule has 1 amide bonds. The molecule has 0 saturated carbocycles. The van der Waals surface area contributed by atoms with Crippen LogP contribution in [0.1, 0.15) is 33.2 Å². The fourth-order valence-corrected chi connectivity index (χ4v) is 3.00. The number of anilines is 1. The van der Waals surface area contributed by atoms with Crippen molar-refractivity contribution in [3.63, 3.8) is 0 Å². The Labute approximate surface area is 181 Å². The first-order valence-corrected chi connectivity index (χ1v) is 9.53. The van der Waals surface area contributed by atoms with Crippen LogP contribution in [-0.2, 0) is 15.7 Å². The van der Waals surface area contributed by atoms with E-state index < -0.39 is 35.4 Å². The topological polar surface area (TPSA) is 55.4 Å². The van der Waals surface area contributed by atoms with Crippen molar-refractivity contribution in [1.82, 2.24) is 0 Å². The average molecular weight is 448 g/mol. The maximum absolute atomic E-state index is 13.4. The zero-order valence-corrected chi connectivity index (χ0v) is 17.0. The molecule has 1 atom stereocenters. The SMILES string of the molecule is Cc1ccc(C(=O)O[C@@H](C(=O)Nc2ccc(Cl)cc2C(F)(F)F)c2ccccc2)cc1. The summed E-state index contributed by atoms with van der Waals surface area (Å²) >= 11 is 5.68. The molecule has 160 valence electrons. The van der Waals surface area contributed by atoms with Gasteiger partial charge in [-0.25, -0.2) is 4.79 Å². The van der Waals surface area contributed by atoms with Gasteiger partial charge in [-0.1, -0.05) is 59.6 Å². The zero-order chi connectivity index (χ0) is 22.6. The Hall–Kier alpha value is -3.32. The molecular formula is C23H17ClF3NO3. The van der Waals surface area contributed by atoms with E-state index >= 15 is 0 Å². The van der Waals surface area contributed by atoms with E-state index in [1.54, 1.807) is 54.6 Å². The monoisotopic (exact) mass is 447 g/mol. The highest BCUT2D eigenvalue weighted by molar-refractivity contribution is 6.30. The predicted octanol–water partition coefficient (Wildman–Crippen LogP) is 6.20. The zero-order valence-electron chi connectivity index (χ0n) is 16.2.